The predicted octanol–water partition coefficient (Wildman–Crippen LogP) is 1.00. The number of likely N-dealkylation sites (tertiary alicyclic amines) is 1. The van der Waals surface area contributed by atoms with Gasteiger partial charge in [0, 0.05) is 51.2 Å². The summed E-state index contributed by atoms with van der Waals surface area (Å²) in [5, 5.41) is 6.77. The number of nitrogens with one attached hydrogen (secondary N) is 2. The second kappa shape index (κ2) is 10.1. The first-order chi connectivity index (χ1) is 13.9. The van der Waals surface area contributed by atoms with Crippen LogP contribution in [0.2, 0.25) is 0 Å². The van der Waals surface area contributed by atoms with Gasteiger partial charge in [-0.05, 0) is 38.5 Å². The lowest BCUT2D eigenvalue weighted by Crippen LogP contribution is -2.45. The maximum absolute atomic E-state index is 12.8. The maximum atomic E-state index is 12.8. The topological polar surface area (TPSA) is 94.1 Å². The lowest BCUT2D eigenvalue weighted by atomic mass is 9.88. The van der Waals surface area contributed by atoms with Crippen LogP contribution in [0.5, 0.6) is 0 Å². The molecule has 3 fully saturated rings. The monoisotopic (exact) mass is 427 g/mol. The van der Waals surface area contributed by atoms with Crippen molar-refractivity contribution in [3.8, 4) is 0 Å². The molecule has 9 heteroatoms. The summed E-state index contributed by atoms with van der Waals surface area (Å²) in [4.78, 5) is 19.5. The van der Waals surface area contributed by atoms with Crippen molar-refractivity contribution >= 4 is 21.9 Å². The normalized spacial score (nSPS) is 27.4. The van der Waals surface area contributed by atoms with Crippen LogP contribution in [-0.4, -0.2) is 81.1 Å². The molecule has 2 heterocycles. The average molecular weight is 428 g/mol. The van der Waals surface area contributed by atoms with Crippen LogP contribution in [0.4, 0.5) is 0 Å². The number of hydrogen-bond acceptors (Lipinski definition) is 4. The van der Waals surface area contributed by atoms with Gasteiger partial charge in [0.05, 0.1) is 6.26 Å². The van der Waals surface area contributed by atoms with Crippen LogP contribution in [-0.2, 0) is 14.8 Å². The molecule has 3 aliphatic rings. The van der Waals surface area contributed by atoms with Crippen LogP contribution in [0.25, 0.3) is 0 Å². The van der Waals surface area contributed by atoms with Crippen LogP contribution in [0.15, 0.2) is 4.99 Å². The van der Waals surface area contributed by atoms with Gasteiger partial charge in [0.15, 0.2) is 5.96 Å². The highest BCUT2D eigenvalue weighted by Crippen LogP contribution is 2.26. The SMILES string of the molecule is CCNC(=NCC1CCN(S(C)(=O)=O)C1)NC1CCN(C(=O)C2CCCCC2)C1. The zero-order chi connectivity index (χ0) is 20.9. The molecular formula is C20H37N5O3S. The summed E-state index contributed by atoms with van der Waals surface area (Å²) in [6, 6.07) is 0.219. The molecular weight excluding hydrogens is 390 g/mol. The Labute approximate surface area is 175 Å². The summed E-state index contributed by atoms with van der Waals surface area (Å²) in [7, 11) is -3.11. The number of carbonyl (C=O) groups excluding carboxylic acids is 1. The zero-order valence-electron chi connectivity index (χ0n) is 17.9. The van der Waals surface area contributed by atoms with Crippen molar-refractivity contribution in [3.63, 3.8) is 0 Å². The fourth-order valence-corrected chi connectivity index (χ4v) is 5.59. The molecule has 8 nitrogen and oxygen atoms in total. The van der Waals surface area contributed by atoms with Crippen molar-refractivity contribution in [2.24, 2.45) is 16.8 Å². The number of hydrogen-bond donors (Lipinski definition) is 2. The molecule has 1 aliphatic carbocycles. The number of sulfonamides is 1. The number of carbonyl (C=O) groups is 1. The van der Waals surface area contributed by atoms with Gasteiger partial charge in [0.25, 0.3) is 0 Å². The van der Waals surface area contributed by atoms with Crippen molar-refractivity contribution in [3.05, 3.63) is 0 Å². The van der Waals surface area contributed by atoms with E-state index in [-0.39, 0.29) is 17.9 Å². The van der Waals surface area contributed by atoms with Gasteiger partial charge in [-0.3, -0.25) is 9.79 Å². The first-order valence-electron chi connectivity index (χ1n) is 11.2. The second-order valence-electron chi connectivity index (χ2n) is 8.74. The molecule has 2 N–H and O–H groups in total. The van der Waals surface area contributed by atoms with Crippen LogP contribution in [0.1, 0.15) is 51.9 Å². The minimum atomic E-state index is -3.11. The van der Waals surface area contributed by atoms with Gasteiger partial charge in [0.2, 0.25) is 15.9 Å². The van der Waals surface area contributed by atoms with Gasteiger partial charge in [-0.2, -0.15) is 0 Å². The summed E-state index contributed by atoms with van der Waals surface area (Å²) in [6.07, 6.45) is 8.77. The van der Waals surface area contributed by atoms with E-state index in [1.807, 2.05) is 11.8 Å². The zero-order valence-corrected chi connectivity index (χ0v) is 18.7. The number of guanidine groups is 1. The van der Waals surface area contributed by atoms with E-state index in [2.05, 4.69) is 10.6 Å². The minimum Gasteiger partial charge on any atom is -0.357 e. The Kier molecular flexibility index (Phi) is 7.79. The van der Waals surface area contributed by atoms with Crippen molar-refractivity contribution in [1.29, 1.82) is 0 Å². The lowest BCUT2D eigenvalue weighted by Gasteiger charge is -2.26. The smallest absolute Gasteiger partial charge is 0.225 e. The Morgan fingerprint density at radius 2 is 1.83 bits per heavy atom. The molecule has 3 rings (SSSR count). The number of nitrogens with zero attached hydrogens (tertiary/aromatic N) is 3. The molecule has 0 radical (unpaired) electrons. The molecule has 0 aromatic rings. The highest BCUT2D eigenvalue weighted by atomic mass is 32.2. The summed E-state index contributed by atoms with van der Waals surface area (Å²) in [6.45, 7) is 6.11. The first kappa shape index (κ1) is 22.3. The third kappa shape index (κ3) is 6.31. The molecule has 2 unspecified atom stereocenters. The van der Waals surface area contributed by atoms with Crippen LogP contribution in [0, 0.1) is 11.8 Å². The quantitative estimate of drug-likeness (QED) is 0.487. The van der Waals surface area contributed by atoms with E-state index < -0.39 is 10.0 Å². The molecule has 2 aliphatic heterocycles. The van der Waals surface area contributed by atoms with Crippen molar-refractivity contribution in [2.45, 2.75) is 57.9 Å². The third-order valence-corrected chi connectivity index (χ3v) is 7.63. The largest absolute Gasteiger partial charge is 0.357 e. The second-order valence-corrected chi connectivity index (χ2v) is 10.7. The van der Waals surface area contributed by atoms with Crippen LogP contribution < -0.4 is 10.6 Å². The molecule has 2 atom stereocenters. The predicted molar refractivity (Wildman–Crippen MR) is 115 cm³/mol. The molecule has 0 aromatic heterocycles. The van der Waals surface area contributed by atoms with E-state index in [1.54, 1.807) is 4.31 Å². The third-order valence-electron chi connectivity index (χ3n) is 6.36. The van der Waals surface area contributed by atoms with E-state index >= 15 is 0 Å². The van der Waals surface area contributed by atoms with E-state index in [1.165, 1.54) is 25.5 Å². The van der Waals surface area contributed by atoms with Crippen molar-refractivity contribution < 1.29 is 13.2 Å². The van der Waals surface area contributed by atoms with Gasteiger partial charge in [-0.15, -0.1) is 0 Å². The Morgan fingerprint density at radius 3 is 2.48 bits per heavy atom. The van der Waals surface area contributed by atoms with Crippen LogP contribution >= 0.6 is 0 Å². The van der Waals surface area contributed by atoms with Gasteiger partial charge in [-0.25, -0.2) is 12.7 Å². The summed E-state index contributed by atoms with van der Waals surface area (Å²) < 4.78 is 24.9. The van der Waals surface area contributed by atoms with E-state index in [0.29, 0.717) is 25.5 Å². The molecule has 166 valence electrons. The Hall–Kier alpha value is -1.35. The summed E-state index contributed by atoms with van der Waals surface area (Å²) in [5.74, 6) is 1.59. The molecule has 29 heavy (non-hydrogen) atoms. The highest BCUT2D eigenvalue weighted by molar-refractivity contribution is 7.88. The van der Waals surface area contributed by atoms with Crippen molar-refractivity contribution in [2.75, 3.05) is 45.5 Å². The van der Waals surface area contributed by atoms with Gasteiger partial charge in [0.1, 0.15) is 0 Å². The molecule has 0 aromatic carbocycles. The Morgan fingerprint density at radius 1 is 1.07 bits per heavy atom. The standard InChI is InChI=1S/C20H37N5O3S/c1-3-21-20(22-13-16-9-12-25(14-16)29(2,27)28)23-18-10-11-24(15-18)19(26)17-7-5-4-6-8-17/h16-18H,3-15H2,1-2H3,(H2,21,22,23). The van der Waals surface area contributed by atoms with E-state index in [0.717, 1.165) is 51.3 Å². The maximum Gasteiger partial charge on any atom is 0.225 e. The number of aliphatic imine (C=N–C) groups is 1. The average Bonchev–Trinajstić information content (AvgIpc) is 3.36. The van der Waals surface area contributed by atoms with Crippen molar-refractivity contribution in [1.82, 2.24) is 19.8 Å². The van der Waals surface area contributed by atoms with Crippen LogP contribution in [0.3, 0.4) is 0 Å². The number of rotatable bonds is 6. The minimum absolute atomic E-state index is 0.219. The lowest BCUT2D eigenvalue weighted by molar-refractivity contribution is -0.135. The number of amides is 1. The summed E-state index contributed by atoms with van der Waals surface area (Å²) >= 11 is 0. The Bertz CT molecular complexity index is 690. The molecule has 0 spiro atoms. The van der Waals surface area contributed by atoms with Gasteiger partial charge in [-0.1, -0.05) is 19.3 Å². The summed E-state index contributed by atoms with van der Waals surface area (Å²) in [5.41, 5.74) is 0. The molecule has 2 saturated heterocycles. The van der Waals surface area contributed by atoms with E-state index in [9.17, 15) is 13.2 Å². The molecule has 1 amide bonds. The molecule has 0 bridgehead atoms. The highest BCUT2D eigenvalue weighted by Gasteiger charge is 2.32. The Balaban J connectivity index is 1.49. The molecule has 1 saturated carbocycles. The fourth-order valence-electron chi connectivity index (χ4n) is 4.67. The first-order valence-corrected chi connectivity index (χ1v) is 13.0. The van der Waals surface area contributed by atoms with Gasteiger partial charge < -0.3 is 15.5 Å². The van der Waals surface area contributed by atoms with E-state index in [4.69, 9.17) is 4.99 Å². The van der Waals surface area contributed by atoms with Gasteiger partial charge >= 0.3 is 0 Å². The fraction of sp³-hybridized carbons (Fsp3) is 0.900.